The highest BCUT2D eigenvalue weighted by molar-refractivity contribution is 6.08. The molecule has 2 aromatic heterocycles. The smallest absolute Gasteiger partial charge is 0.239 e. The molecule has 2 aromatic carbocycles. The number of morpholine rings is 1. The number of likely N-dealkylation sites (tertiary alicyclic amines) is 1. The van der Waals surface area contributed by atoms with Gasteiger partial charge in [-0.05, 0) is 77.2 Å². The SMILES string of the molecule is C=C(C)C(=NC[C@H]1CN(C)CCO1)N(N)c1ccc(F)cc1OCC.CNCN1C[C@@H]2C[C@H]1C(=O)N(C)C[C@H](OC)Cn1c(C)nc3cc(F)cc(c31)-c1cccc(n1)N2.[HH]. The molecule has 0 spiro atoms. The number of benzene rings is 2. The van der Waals surface area contributed by atoms with Crippen LogP contribution in [0.15, 0.2) is 65.7 Å². The number of fused-ring (bicyclic) bond motifs is 5. The van der Waals surface area contributed by atoms with E-state index in [1.807, 2.05) is 57.6 Å². The predicted octanol–water partition coefficient (Wildman–Crippen LogP) is 4.52. The number of imidazole rings is 1. The van der Waals surface area contributed by atoms with Crippen LogP contribution in [0.3, 0.4) is 0 Å². The average molecular weight is 834 g/mol. The zero-order valence-corrected chi connectivity index (χ0v) is 35.8. The molecule has 2 fully saturated rings. The number of hydrazine groups is 1. The average Bonchev–Trinajstić information content (AvgIpc) is 3.75. The first-order valence-electron chi connectivity index (χ1n) is 20.3. The maximum atomic E-state index is 14.6. The minimum absolute atomic E-state index is 0. The maximum Gasteiger partial charge on any atom is 0.239 e. The summed E-state index contributed by atoms with van der Waals surface area (Å²) in [5, 5.41) is 8.08. The summed E-state index contributed by atoms with van der Waals surface area (Å²) in [5.74, 6) is 7.92. The van der Waals surface area contributed by atoms with Crippen LogP contribution < -0.4 is 26.2 Å². The number of amidine groups is 1. The minimum Gasteiger partial charge on any atom is -0.492 e. The molecule has 17 heteroatoms. The van der Waals surface area contributed by atoms with E-state index < -0.39 is 0 Å². The number of carbonyl (C=O) groups is 1. The number of nitrogens with zero attached hydrogens (tertiary/aromatic N) is 8. The minimum atomic E-state index is -0.381. The first kappa shape index (κ1) is 44.5. The second-order valence-corrected chi connectivity index (χ2v) is 15.6. The normalized spacial score (nSPS) is 21.5. The number of nitrogens with two attached hydrogens (primary N) is 1. The molecule has 15 nitrogen and oxygen atoms in total. The number of anilines is 2. The Bertz CT molecular complexity index is 2170. The summed E-state index contributed by atoms with van der Waals surface area (Å²) in [6.07, 6.45) is 0.415. The van der Waals surface area contributed by atoms with E-state index in [0.29, 0.717) is 97.9 Å². The molecule has 4 bridgehead atoms. The summed E-state index contributed by atoms with van der Waals surface area (Å²) in [6, 6.07) is 12.7. The molecule has 60 heavy (non-hydrogen) atoms. The monoisotopic (exact) mass is 833 g/mol. The highest BCUT2D eigenvalue weighted by Crippen LogP contribution is 2.32. The highest BCUT2D eigenvalue weighted by atomic mass is 19.1. The van der Waals surface area contributed by atoms with Gasteiger partial charge in [-0.3, -0.25) is 19.7 Å². The molecule has 0 unspecified atom stereocenters. The second-order valence-electron chi connectivity index (χ2n) is 15.6. The number of hydrogen-bond acceptors (Lipinski definition) is 12. The summed E-state index contributed by atoms with van der Waals surface area (Å²) in [4.78, 5) is 33.7. The topological polar surface area (TPSA) is 151 Å². The summed E-state index contributed by atoms with van der Waals surface area (Å²) in [7, 11) is 7.42. The van der Waals surface area contributed by atoms with E-state index >= 15 is 0 Å². The van der Waals surface area contributed by atoms with Crippen LogP contribution in [0.1, 0.15) is 27.5 Å². The Morgan fingerprint density at radius 3 is 2.65 bits per heavy atom. The number of methoxy groups -OCH3 is 1. The van der Waals surface area contributed by atoms with Gasteiger partial charge in [0.05, 0.1) is 61.3 Å². The van der Waals surface area contributed by atoms with E-state index in [1.165, 1.54) is 29.3 Å². The van der Waals surface area contributed by atoms with Crippen molar-refractivity contribution in [2.75, 3.05) is 91.2 Å². The van der Waals surface area contributed by atoms with Crippen LogP contribution in [-0.2, 0) is 20.8 Å². The van der Waals surface area contributed by atoms with Crippen LogP contribution in [0, 0.1) is 18.6 Å². The van der Waals surface area contributed by atoms with E-state index in [9.17, 15) is 13.6 Å². The molecule has 4 atom stereocenters. The van der Waals surface area contributed by atoms with Crippen LogP contribution in [0.25, 0.3) is 22.3 Å². The number of pyridine rings is 1. The summed E-state index contributed by atoms with van der Waals surface area (Å²) in [6.45, 7) is 15.1. The van der Waals surface area contributed by atoms with Crippen molar-refractivity contribution in [3.63, 3.8) is 0 Å². The number of aryl methyl sites for hydroxylation is 1. The summed E-state index contributed by atoms with van der Waals surface area (Å²) < 4.78 is 47.2. The molecule has 5 heterocycles. The van der Waals surface area contributed by atoms with E-state index in [4.69, 9.17) is 25.0 Å². The van der Waals surface area contributed by atoms with Crippen LogP contribution in [0.5, 0.6) is 5.75 Å². The van der Waals surface area contributed by atoms with Gasteiger partial charge >= 0.3 is 0 Å². The number of aliphatic imine (C=N–C) groups is 1. The molecule has 4 N–H and O–H groups in total. The molecule has 2 saturated heterocycles. The molecule has 3 aliphatic rings. The van der Waals surface area contributed by atoms with Crippen LogP contribution in [0.4, 0.5) is 20.3 Å². The van der Waals surface area contributed by atoms with Gasteiger partial charge in [-0.15, -0.1) is 0 Å². The lowest BCUT2D eigenvalue weighted by atomic mass is 10.1. The number of hydrogen-bond donors (Lipinski definition) is 3. The van der Waals surface area contributed by atoms with Gasteiger partial charge in [0.1, 0.15) is 40.5 Å². The fourth-order valence-corrected chi connectivity index (χ4v) is 8.00. The van der Waals surface area contributed by atoms with Gasteiger partial charge in [0, 0.05) is 72.2 Å². The van der Waals surface area contributed by atoms with Gasteiger partial charge in [0.2, 0.25) is 5.91 Å². The molecule has 3 aliphatic heterocycles. The van der Waals surface area contributed by atoms with Gasteiger partial charge in [-0.1, -0.05) is 12.6 Å². The first-order chi connectivity index (χ1) is 28.8. The molecule has 326 valence electrons. The number of ether oxygens (including phenoxy) is 3. The molecular formula is C43H61F2N11O4. The van der Waals surface area contributed by atoms with Crippen molar-refractivity contribution in [3.8, 4) is 17.0 Å². The van der Waals surface area contributed by atoms with Gasteiger partial charge in [0.25, 0.3) is 0 Å². The van der Waals surface area contributed by atoms with Crippen molar-refractivity contribution >= 4 is 34.3 Å². The quantitative estimate of drug-likeness (QED) is 0.0943. The molecule has 0 radical (unpaired) electrons. The molecule has 0 saturated carbocycles. The molecular weight excluding hydrogens is 773 g/mol. The lowest BCUT2D eigenvalue weighted by molar-refractivity contribution is -0.136. The fourth-order valence-electron chi connectivity index (χ4n) is 8.00. The Labute approximate surface area is 352 Å². The standard InChI is InChI=1S/C25H32FN7O2.C18H27FN4O2.H2/c1-15-28-21-9-16(26)8-19-20-6-5-7-23(30-20)29-17-10-22(32(11-17)14-27-2)25(34)31(3)12-18(35-4)13-33(15)24(19)21;1-5-24-17-10-14(19)6-7-16(17)23(20)18(13(2)3)21-11-15-12-22(4)8-9-25-15;/h5-9,17-18,22,27H,10-14H2,1-4H3,(H,29,30);6-7,10,15H,2,5,8-9,11-12,20H2,1,3-4H3;1H/t17-,18-,22-;15-;/m00./s1. The molecule has 7 rings (SSSR count). The third kappa shape index (κ3) is 10.5. The van der Waals surface area contributed by atoms with Gasteiger partial charge in [-0.2, -0.15) is 0 Å². The largest absolute Gasteiger partial charge is 0.492 e. The number of aromatic nitrogens is 3. The van der Waals surface area contributed by atoms with Gasteiger partial charge in [0.15, 0.2) is 0 Å². The van der Waals surface area contributed by atoms with E-state index in [-0.39, 0.29) is 43.3 Å². The third-order valence-electron chi connectivity index (χ3n) is 10.9. The van der Waals surface area contributed by atoms with Crippen molar-refractivity contribution < 1.29 is 29.2 Å². The molecule has 0 aliphatic carbocycles. The number of rotatable bonds is 9. The van der Waals surface area contributed by atoms with E-state index in [0.717, 1.165) is 24.4 Å². The van der Waals surface area contributed by atoms with Crippen LogP contribution >= 0.6 is 0 Å². The van der Waals surface area contributed by atoms with Crippen molar-refractivity contribution in [1.29, 1.82) is 0 Å². The molecule has 4 aromatic rings. The second kappa shape index (κ2) is 20.0. The number of nitrogens with one attached hydrogen (secondary N) is 2. The van der Waals surface area contributed by atoms with Crippen molar-refractivity contribution in [2.24, 2.45) is 10.8 Å². The highest BCUT2D eigenvalue weighted by Gasteiger charge is 2.38. The van der Waals surface area contributed by atoms with Crippen molar-refractivity contribution in [2.45, 2.75) is 58.0 Å². The number of likely N-dealkylation sites (N-methyl/N-ethyl adjacent to an activating group) is 2. The number of amides is 1. The fraction of sp³-hybridized carbons (Fsp3) is 0.488. The number of carbonyl (C=O) groups excluding carboxylic acids is 1. The lowest BCUT2D eigenvalue weighted by Crippen LogP contribution is -2.48. The van der Waals surface area contributed by atoms with Crippen molar-refractivity contribution in [3.05, 3.63) is 78.1 Å². The predicted molar refractivity (Wildman–Crippen MR) is 233 cm³/mol. The lowest BCUT2D eigenvalue weighted by Gasteiger charge is -2.30. The Morgan fingerprint density at radius 1 is 1.13 bits per heavy atom. The van der Waals surface area contributed by atoms with E-state index in [2.05, 4.69) is 44.0 Å². The molecule has 1 amide bonds. The van der Waals surface area contributed by atoms with Crippen LogP contribution in [0.2, 0.25) is 0 Å². The summed E-state index contributed by atoms with van der Waals surface area (Å²) >= 11 is 0. The Hall–Kier alpha value is -5.04. The van der Waals surface area contributed by atoms with Crippen molar-refractivity contribution in [1.82, 2.24) is 34.6 Å². The summed E-state index contributed by atoms with van der Waals surface area (Å²) in [5.41, 5.74) is 3.97. The zero-order chi connectivity index (χ0) is 43.1. The Kier molecular flexibility index (Phi) is 14.8. The Morgan fingerprint density at radius 2 is 1.93 bits per heavy atom. The third-order valence-corrected chi connectivity index (χ3v) is 10.9. The maximum absolute atomic E-state index is 14.6. The number of halogens is 2. The zero-order valence-electron chi connectivity index (χ0n) is 35.8. The Balaban J connectivity index is 0.000000241. The van der Waals surface area contributed by atoms with Gasteiger partial charge < -0.3 is 39.2 Å². The van der Waals surface area contributed by atoms with Crippen LogP contribution in [-0.4, -0.2) is 146 Å². The first-order valence-corrected chi connectivity index (χ1v) is 20.3. The van der Waals surface area contributed by atoms with E-state index in [1.54, 1.807) is 18.1 Å². The van der Waals surface area contributed by atoms with Gasteiger partial charge in [-0.25, -0.2) is 24.6 Å².